The highest BCUT2D eigenvalue weighted by molar-refractivity contribution is 5.39. The lowest BCUT2D eigenvalue weighted by molar-refractivity contribution is 0.217. The third kappa shape index (κ3) is 3.14. The van der Waals surface area contributed by atoms with E-state index in [4.69, 9.17) is 0 Å². The van der Waals surface area contributed by atoms with Gasteiger partial charge in [-0.05, 0) is 57.1 Å². The highest BCUT2D eigenvalue weighted by Crippen LogP contribution is 2.30. The molecule has 0 amide bonds. The average molecular weight is 273 g/mol. The van der Waals surface area contributed by atoms with Gasteiger partial charge in [-0.15, -0.1) is 0 Å². The number of anilines is 1. The molecule has 1 aromatic rings. The molecule has 0 radical (unpaired) electrons. The van der Waals surface area contributed by atoms with E-state index >= 15 is 0 Å². The molecule has 2 aliphatic rings. The summed E-state index contributed by atoms with van der Waals surface area (Å²) in [5.41, 5.74) is 1.24. The number of nitrogens with zero attached hydrogens (tertiary/aromatic N) is 2. The van der Waals surface area contributed by atoms with Crippen LogP contribution in [-0.2, 0) is 0 Å². The number of piperidine rings is 1. The Morgan fingerprint density at radius 3 is 2.50 bits per heavy atom. The van der Waals surface area contributed by atoms with Crippen molar-refractivity contribution in [3.63, 3.8) is 0 Å². The highest BCUT2D eigenvalue weighted by Gasteiger charge is 2.27. The number of pyridine rings is 1. The SMILES string of the molecule is Cc1ccc(N2CCC(NC(C)C3CCC3)CC2)nc1. The van der Waals surface area contributed by atoms with E-state index in [0.29, 0.717) is 12.1 Å². The Hall–Kier alpha value is -1.09. The molecule has 1 unspecified atom stereocenters. The van der Waals surface area contributed by atoms with E-state index in [1.54, 1.807) is 0 Å². The second-order valence-electron chi connectivity index (χ2n) is 6.60. The van der Waals surface area contributed by atoms with E-state index in [1.807, 2.05) is 6.20 Å². The number of aromatic nitrogens is 1. The Morgan fingerprint density at radius 1 is 1.20 bits per heavy atom. The van der Waals surface area contributed by atoms with Crippen molar-refractivity contribution in [2.45, 2.75) is 58.0 Å². The highest BCUT2D eigenvalue weighted by atomic mass is 15.2. The Kier molecular flexibility index (Phi) is 4.25. The Bertz CT molecular complexity index is 416. The fourth-order valence-electron chi connectivity index (χ4n) is 3.37. The zero-order chi connectivity index (χ0) is 13.9. The lowest BCUT2D eigenvalue weighted by Gasteiger charge is -2.38. The summed E-state index contributed by atoms with van der Waals surface area (Å²) in [5, 5.41) is 3.85. The first-order valence-electron chi connectivity index (χ1n) is 8.16. The molecule has 0 aromatic carbocycles. The minimum atomic E-state index is 0.701. The summed E-state index contributed by atoms with van der Waals surface area (Å²) in [6.45, 7) is 6.72. The molecule has 0 spiro atoms. The molecule has 1 aliphatic heterocycles. The Balaban J connectivity index is 1.47. The number of rotatable bonds is 4. The lowest BCUT2D eigenvalue weighted by atomic mass is 9.80. The van der Waals surface area contributed by atoms with Gasteiger partial charge in [0.2, 0.25) is 0 Å². The quantitative estimate of drug-likeness (QED) is 0.913. The van der Waals surface area contributed by atoms with Gasteiger partial charge >= 0.3 is 0 Å². The first-order chi connectivity index (χ1) is 9.72. The van der Waals surface area contributed by atoms with Crippen LogP contribution in [0.4, 0.5) is 5.82 Å². The molecule has 3 rings (SSSR count). The maximum atomic E-state index is 4.54. The molecule has 1 aromatic heterocycles. The topological polar surface area (TPSA) is 28.2 Å². The summed E-state index contributed by atoms with van der Waals surface area (Å²) < 4.78 is 0. The monoisotopic (exact) mass is 273 g/mol. The number of nitrogens with one attached hydrogen (secondary N) is 1. The van der Waals surface area contributed by atoms with Gasteiger partial charge in [-0.2, -0.15) is 0 Å². The molecule has 3 nitrogen and oxygen atoms in total. The summed E-state index contributed by atoms with van der Waals surface area (Å²) in [6.07, 6.45) is 8.76. The van der Waals surface area contributed by atoms with Crippen LogP contribution in [0.2, 0.25) is 0 Å². The van der Waals surface area contributed by atoms with Crippen molar-refractivity contribution in [3.8, 4) is 0 Å². The maximum absolute atomic E-state index is 4.54. The van der Waals surface area contributed by atoms with Crippen LogP contribution in [-0.4, -0.2) is 30.2 Å². The predicted molar refractivity (Wildman–Crippen MR) is 84.1 cm³/mol. The summed E-state index contributed by atoms with van der Waals surface area (Å²) in [4.78, 5) is 6.97. The fraction of sp³-hybridized carbons (Fsp3) is 0.706. The van der Waals surface area contributed by atoms with E-state index < -0.39 is 0 Å². The molecular formula is C17H27N3. The summed E-state index contributed by atoms with van der Waals surface area (Å²) in [6, 6.07) is 5.72. The van der Waals surface area contributed by atoms with Crippen molar-refractivity contribution >= 4 is 5.82 Å². The van der Waals surface area contributed by atoms with Crippen molar-refractivity contribution < 1.29 is 0 Å². The second-order valence-corrected chi connectivity index (χ2v) is 6.60. The van der Waals surface area contributed by atoms with Gasteiger partial charge < -0.3 is 10.2 Å². The standard InChI is InChI=1S/C17H27N3/c1-13-6-7-17(18-12-13)20-10-8-16(9-11-20)19-14(2)15-4-3-5-15/h6-7,12,14-16,19H,3-5,8-11H2,1-2H3. The van der Waals surface area contributed by atoms with Crippen molar-refractivity contribution in [2.24, 2.45) is 5.92 Å². The summed E-state index contributed by atoms with van der Waals surface area (Å²) >= 11 is 0. The number of hydrogen-bond acceptors (Lipinski definition) is 3. The average Bonchev–Trinajstić information content (AvgIpc) is 2.38. The van der Waals surface area contributed by atoms with Crippen LogP contribution in [0.3, 0.4) is 0 Å². The molecule has 1 atom stereocenters. The van der Waals surface area contributed by atoms with Crippen LogP contribution in [0.15, 0.2) is 18.3 Å². The van der Waals surface area contributed by atoms with Gasteiger partial charge in [-0.3, -0.25) is 0 Å². The maximum Gasteiger partial charge on any atom is 0.128 e. The zero-order valence-electron chi connectivity index (χ0n) is 12.8. The van der Waals surface area contributed by atoms with E-state index in [1.165, 1.54) is 37.7 Å². The molecular weight excluding hydrogens is 246 g/mol. The smallest absolute Gasteiger partial charge is 0.128 e. The van der Waals surface area contributed by atoms with Crippen molar-refractivity contribution in [3.05, 3.63) is 23.9 Å². The third-order valence-electron chi connectivity index (χ3n) is 5.07. The molecule has 2 heterocycles. The second kappa shape index (κ2) is 6.13. The molecule has 0 bridgehead atoms. The van der Waals surface area contributed by atoms with Crippen molar-refractivity contribution in [1.29, 1.82) is 0 Å². The molecule has 2 fully saturated rings. The molecule has 1 saturated carbocycles. The minimum absolute atomic E-state index is 0.701. The normalized spacial score (nSPS) is 22.6. The van der Waals surface area contributed by atoms with Crippen molar-refractivity contribution in [1.82, 2.24) is 10.3 Å². The van der Waals surface area contributed by atoms with Gasteiger partial charge in [0.1, 0.15) is 5.82 Å². The van der Waals surface area contributed by atoms with Crippen LogP contribution in [0.25, 0.3) is 0 Å². The molecule has 1 N–H and O–H groups in total. The fourth-order valence-corrected chi connectivity index (χ4v) is 3.37. The van der Waals surface area contributed by atoms with Crippen LogP contribution < -0.4 is 10.2 Å². The van der Waals surface area contributed by atoms with Crippen molar-refractivity contribution in [2.75, 3.05) is 18.0 Å². The third-order valence-corrected chi connectivity index (χ3v) is 5.07. The van der Waals surface area contributed by atoms with Crippen LogP contribution in [0, 0.1) is 12.8 Å². The molecule has 110 valence electrons. The summed E-state index contributed by atoms with van der Waals surface area (Å²) in [5.74, 6) is 2.08. The Morgan fingerprint density at radius 2 is 1.95 bits per heavy atom. The molecule has 20 heavy (non-hydrogen) atoms. The van der Waals surface area contributed by atoms with E-state index in [2.05, 4.69) is 41.2 Å². The molecule has 3 heteroatoms. The van der Waals surface area contributed by atoms with Crippen LogP contribution in [0.5, 0.6) is 0 Å². The van der Waals surface area contributed by atoms with Gasteiger partial charge in [-0.1, -0.05) is 12.5 Å². The summed E-state index contributed by atoms with van der Waals surface area (Å²) in [7, 11) is 0. The van der Waals surface area contributed by atoms with Gasteiger partial charge in [-0.25, -0.2) is 4.98 Å². The van der Waals surface area contributed by atoms with E-state index in [9.17, 15) is 0 Å². The van der Waals surface area contributed by atoms with Crippen LogP contribution in [0.1, 0.15) is 44.6 Å². The zero-order valence-corrected chi connectivity index (χ0v) is 12.8. The van der Waals surface area contributed by atoms with Gasteiger partial charge in [0.25, 0.3) is 0 Å². The first kappa shape index (κ1) is 13.9. The molecule has 1 aliphatic carbocycles. The molecule has 1 saturated heterocycles. The minimum Gasteiger partial charge on any atom is -0.357 e. The Labute approximate surface area is 122 Å². The van der Waals surface area contributed by atoms with Gasteiger partial charge in [0.05, 0.1) is 0 Å². The van der Waals surface area contributed by atoms with Crippen LogP contribution >= 0.6 is 0 Å². The first-order valence-corrected chi connectivity index (χ1v) is 8.16. The van der Waals surface area contributed by atoms with E-state index in [-0.39, 0.29) is 0 Å². The van der Waals surface area contributed by atoms with Gasteiger partial charge in [0, 0.05) is 31.4 Å². The predicted octanol–water partition coefficient (Wildman–Crippen LogP) is 3.14. The van der Waals surface area contributed by atoms with Gasteiger partial charge in [0.15, 0.2) is 0 Å². The number of aryl methyl sites for hydroxylation is 1. The lowest BCUT2D eigenvalue weighted by Crippen LogP contribution is -2.48. The number of hydrogen-bond donors (Lipinski definition) is 1. The van der Waals surface area contributed by atoms with E-state index in [0.717, 1.165) is 24.8 Å². The largest absolute Gasteiger partial charge is 0.357 e.